The Hall–Kier alpha value is -3.62. The molecule has 168 valence electrons. The van der Waals surface area contributed by atoms with Crippen LogP contribution in [-0.4, -0.2) is 64.9 Å². The number of likely N-dealkylation sites (tertiary alicyclic amines) is 1. The summed E-state index contributed by atoms with van der Waals surface area (Å²) in [5.41, 5.74) is 2.79. The van der Waals surface area contributed by atoms with Gasteiger partial charge in [-0.05, 0) is 72.5 Å². The van der Waals surface area contributed by atoms with Gasteiger partial charge in [-0.2, -0.15) is 0 Å². The fourth-order valence-electron chi connectivity index (χ4n) is 4.20. The zero-order chi connectivity index (χ0) is 22.7. The van der Waals surface area contributed by atoms with Crippen molar-refractivity contribution >= 4 is 5.91 Å². The summed E-state index contributed by atoms with van der Waals surface area (Å²) in [6.07, 6.45) is 4.67. The van der Waals surface area contributed by atoms with Gasteiger partial charge in [-0.15, -0.1) is 5.10 Å². The van der Waals surface area contributed by atoms with Crippen LogP contribution in [-0.2, 0) is 0 Å². The molecule has 1 atom stereocenters. The van der Waals surface area contributed by atoms with E-state index in [1.807, 2.05) is 35.2 Å². The normalized spacial score (nSPS) is 16.0. The second-order valence-corrected chi connectivity index (χ2v) is 7.75. The number of piperidine rings is 1. The molecule has 0 saturated carbocycles. The van der Waals surface area contributed by atoms with E-state index in [-0.39, 0.29) is 11.9 Å². The maximum atomic E-state index is 13.5. The Balaban J connectivity index is 1.87. The van der Waals surface area contributed by atoms with Crippen molar-refractivity contribution in [3.05, 3.63) is 42.2 Å². The lowest BCUT2D eigenvalue weighted by Gasteiger charge is -2.33. The third kappa shape index (κ3) is 3.98. The molecule has 2 heterocycles. The zero-order valence-corrected chi connectivity index (χ0v) is 18.7. The number of amides is 1. The monoisotopic (exact) mass is 437 g/mol. The number of methoxy groups -OCH3 is 3. The number of hydrogen-bond donors (Lipinski definition) is 0. The Morgan fingerprint density at radius 1 is 1.03 bits per heavy atom. The molecule has 1 aliphatic heterocycles. The Morgan fingerprint density at radius 2 is 1.84 bits per heavy atom. The standard InChI is InChI=1S/C23H27N5O4/c1-15-7-5-6-10-27(15)23(29)17-11-16(12-18(13-17)28-14-24-25-26-28)19-8-9-20(30-2)22(32-4)21(19)31-3/h8-9,11-15H,5-7,10H2,1-4H3/t15-/m0/s1. The minimum Gasteiger partial charge on any atom is -0.493 e. The molecule has 9 heteroatoms. The Morgan fingerprint density at radius 3 is 2.50 bits per heavy atom. The van der Waals surface area contributed by atoms with E-state index < -0.39 is 0 Å². The molecular formula is C23H27N5O4. The summed E-state index contributed by atoms with van der Waals surface area (Å²) in [4.78, 5) is 15.4. The molecule has 1 fully saturated rings. The van der Waals surface area contributed by atoms with Crippen LogP contribution < -0.4 is 14.2 Å². The Labute approximate surface area is 186 Å². The number of hydrogen-bond acceptors (Lipinski definition) is 7. The molecule has 4 rings (SSSR count). The van der Waals surface area contributed by atoms with Gasteiger partial charge in [0.1, 0.15) is 6.33 Å². The molecule has 1 saturated heterocycles. The van der Waals surface area contributed by atoms with Crippen molar-refractivity contribution in [1.82, 2.24) is 25.1 Å². The summed E-state index contributed by atoms with van der Waals surface area (Å²) in [5, 5.41) is 11.5. The first-order chi connectivity index (χ1) is 15.6. The second-order valence-electron chi connectivity index (χ2n) is 7.75. The van der Waals surface area contributed by atoms with Crippen LogP contribution in [0.5, 0.6) is 17.2 Å². The molecule has 0 N–H and O–H groups in total. The first-order valence-corrected chi connectivity index (χ1v) is 10.6. The van der Waals surface area contributed by atoms with Crippen LogP contribution in [0.3, 0.4) is 0 Å². The Bertz CT molecular complexity index is 1100. The van der Waals surface area contributed by atoms with Crippen molar-refractivity contribution in [1.29, 1.82) is 0 Å². The average molecular weight is 438 g/mol. The van der Waals surface area contributed by atoms with Gasteiger partial charge in [0.05, 0.1) is 27.0 Å². The number of nitrogens with zero attached hydrogens (tertiary/aromatic N) is 5. The minimum atomic E-state index is -0.00665. The number of benzene rings is 2. The van der Waals surface area contributed by atoms with Crippen LogP contribution in [0.4, 0.5) is 0 Å². The van der Waals surface area contributed by atoms with Crippen LogP contribution in [0.1, 0.15) is 36.5 Å². The predicted octanol–water partition coefficient (Wildman–Crippen LogP) is 3.37. The summed E-state index contributed by atoms with van der Waals surface area (Å²) < 4.78 is 18.2. The molecule has 0 spiro atoms. The molecule has 0 aliphatic carbocycles. The molecule has 2 aromatic carbocycles. The first kappa shape index (κ1) is 21.6. The number of tetrazole rings is 1. The summed E-state index contributed by atoms with van der Waals surface area (Å²) in [7, 11) is 4.72. The van der Waals surface area contributed by atoms with Gasteiger partial charge >= 0.3 is 0 Å². The lowest BCUT2D eigenvalue weighted by Crippen LogP contribution is -2.42. The Kier molecular flexibility index (Phi) is 6.25. The molecule has 0 bridgehead atoms. The molecule has 3 aromatic rings. The van der Waals surface area contributed by atoms with Crippen molar-refractivity contribution in [2.45, 2.75) is 32.2 Å². The van der Waals surface area contributed by atoms with E-state index in [0.29, 0.717) is 28.5 Å². The van der Waals surface area contributed by atoms with Crippen molar-refractivity contribution in [2.24, 2.45) is 0 Å². The third-order valence-corrected chi connectivity index (χ3v) is 5.86. The van der Waals surface area contributed by atoms with E-state index in [1.165, 1.54) is 11.0 Å². The minimum absolute atomic E-state index is 0.00665. The van der Waals surface area contributed by atoms with Crippen LogP contribution in [0.25, 0.3) is 16.8 Å². The van der Waals surface area contributed by atoms with Crippen molar-refractivity contribution in [2.75, 3.05) is 27.9 Å². The van der Waals surface area contributed by atoms with Crippen molar-refractivity contribution in [3.8, 4) is 34.1 Å². The largest absolute Gasteiger partial charge is 0.493 e. The molecule has 9 nitrogen and oxygen atoms in total. The molecular weight excluding hydrogens is 410 g/mol. The van der Waals surface area contributed by atoms with E-state index in [0.717, 1.165) is 36.9 Å². The fourth-order valence-corrected chi connectivity index (χ4v) is 4.20. The van der Waals surface area contributed by atoms with Gasteiger partial charge in [-0.25, -0.2) is 4.68 Å². The average Bonchev–Trinajstić information content (AvgIpc) is 3.37. The van der Waals surface area contributed by atoms with Gasteiger partial charge in [0.15, 0.2) is 11.5 Å². The highest BCUT2D eigenvalue weighted by atomic mass is 16.5. The number of carbonyl (C=O) groups is 1. The van der Waals surface area contributed by atoms with E-state index in [2.05, 4.69) is 22.4 Å². The molecule has 0 unspecified atom stereocenters. The van der Waals surface area contributed by atoms with Crippen molar-refractivity contribution in [3.63, 3.8) is 0 Å². The summed E-state index contributed by atoms with van der Waals surface area (Å²) >= 11 is 0. The number of carbonyl (C=O) groups excluding carboxylic acids is 1. The predicted molar refractivity (Wildman–Crippen MR) is 119 cm³/mol. The van der Waals surface area contributed by atoms with Crippen LogP contribution in [0, 0.1) is 0 Å². The summed E-state index contributed by atoms with van der Waals surface area (Å²) in [5.74, 6) is 1.55. The number of aromatic nitrogens is 4. The quantitative estimate of drug-likeness (QED) is 0.584. The van der Waals surface area contributed by atoms with Crippen molar-refractivity contribution < 1.29 is 19.0 Å². The van der Waals surface area contributed by atoms with Gasteiger partial charge in [0.2, 0.25) is 5.75 Å². The van der Waals surface area contributed by atoms with Gasteiger partial charge in [0.25, 0.3) is 5.91 Å². The SMILES string of the molecule is COc1ccc(-c2cc(C(=O)N3CCCC[C@@H]3C)cc(-n3cnnn3)c2)c(OC)c1OC. The lowest BCUT2D eigenvalue weighted by atomic mass is 9.98. The number of rotatable bonds is 6. The topological polar surface area (TPSA) is 91.6 Å². The smallest absolute Gasteiger partial charge is 0.254 e. The van der Waals surface area contributed by atoms with Gasteiger partial charge in [-0.3, -0.25) is 4.79 Å². The lowest BCUT2D eigenvalue weighted by molar-refractivity contribution is 0.0635. The molecule has 0 radical (unpaired) electrons. The highest BCUT2D eigenvalue weighted by molar-refractivity contribution is 5.97. The maximum absolute atomic E-state index is 13.5. The van der Waals surface area contributed by atoms with Crippen LogP contribution >= 0.6 is 0 Å². The maximum Gasteiger partial charge on any atom is 0.254 e. The van der Waals surface area contributed by atoms with E-state index in [1.54, 1.807) is 21.3 Å². The molecule has 1 aromatic heterocycles. The highest BCUT2D eigenvalue weighted by Crippen LogP contribution is 2.44. The van der Waals surface area contributed by atoms with Gasteiger partial charge < -0.3 is 19.1 Å². The molecule has 1 aliphatic rings. The third-order valence-electron chi connectivity index (χ3n) is 5.86. The fraction of sp³-hybridized carbons (Fsp3) is 0.391. The second kappa shape index (κ2) is 9.25. The molecule has 1 amide bonds. The van der Waals surface area contributed by atoms with Crippen LogP contribution in [0.2, 0.25) is 0 Å². The van der Waals surface area contributed by atoms with Gasteiger partial charge in [-0.1, -0.05) is 0 Å². The zero-order valence-electron chi connectivity index (χ0n) is 18.7. The van der Waals surface area contributed by atoms with E-state index in [9.17, 15) is 4.79 Å². The first-order valence-electron chi connectivity index (χ1n) is 10.6. The van der Waals surface area contributed by atoms with Gasteiger partial charge in [0, 0.05) is 23.7 Å². The van der Waals surface area contributed by atoms with Crippen LogP contribution in [0.15, 0.2) is 36.7 Å². The van der Waals surface area contributed by atoms with E-state index >= 15 is 0 Å². The number of ether oxygens (including phenoxy) is 3. The summed E-state index contributed by atoms with van der Waals surface area (Å²) in [6.45, 7) is 2.85. The highest BCUT2D eigenvalue weighted by Gasteiger charge is 2.26. The van der Waals surface area contributed by atoms with E-state index in [4.69, 9.17) is 14.2 Å². The summed E-state index contributed by atoms with van der Waals surface area (Å²) in [6, 6.07) is 9.51. The molecule has 32 heavy (non-hydrogen) atoms.